The highest BCUT2D eigenvalue weighted by atomic mass is 79.9. The standard InChI is InChI=1S/C53H34BrN/c54-49-25-13-10-19-40(49)35-27-29-36(30-28-35)46-34-51-52(44-22-8-7-20-41(44)46)45-23-11-14-26-50(45)55(51)39-31-32-43-42-21-9-12-24-47(42)53(48(43)33-39,37-15-3-1-4-16-37)38-17-5-2-6-18-38/h1-34H. The SMILES string of the molecule is Brc1ccccc1-c1ccc(-c2cc3c(c4ccccc24)c2ccccc2n3-c2ccc3c(c2)C(c2ccccc2)(c2ccccc2)c2ccccc2-3)cc1. The molecule has 0 amide bonds. The van der Waals surface area contributed by atoms with E-state index in [1.807, 2.05) is 0 Å². The Bertz CT molecular complexity index is 3040. The molecule has 0 unspecified atom stereocenters. The van der Waals surface area contributed by atoms with Crippen molar-refractivity contribution in [3.63, 3.8) is 0 Å². The molecule has 1 aliphatic rings. The van der Waals surface area contributed by atoms with E-state index in [9.17, 15) is 0 Å². The van der Waals surface area contributed by atoms with Crippen LogP contribution in [0.15, 0.2) is 211 Å². The van der Waals surface area contributed by atoms with E-state index in [2.05, 4.69) is 227 Å². The van der Waals surface area contributed by atoms with Crippen molar-refractivity contribution in [3.05, 3.63) is 233 Å². The molecule has 0 aliphatic heterocycles. The van der Waals surface area contributed by atoms with Crippen LogP contribution in [0.3, 0.4) is 0 Å². The fourth-order valence-corrected chi connectivity index (χ4v) is 9.96. The molecule has 2 heteroatoms. The zero-order chi connectivity index (χ0) is 36.5. The minimum absolute atomic E-state index is 0.476. The van der Waals surface area contributed by atoms with Gasteiger partial charge in [0.25, 0.3) is 0 Å². The number of benzene rings is 9. The number of nitrogens with zero attached hydrogens (tertiary/aromatic N) is 1. The number of hydrogen-bond donors (Lipinski definition) is 0. The number of rotatable bonds is 5. The predicted molar refractivity (Wildman–Crippen MR) is 234 cm³/mol. The summed E-state index contributed by atoms with van der Waals surface area (Å²) < 4.78 is 3.60. The molecular formula is C53H34BrN. The van der Waals surface area contributed by atoms with E-state index in [0.717, 1.165) is 10.2 Å². The molecule has 55 heavy (non-hydrogen) atoms. The fourth-order valence-electron chi connectivity index (χ4n) is 9.44. The molecule has 1 heterocycles. The molecule has 1 aliphatic carbocycles. The summed E-state index contributed by atoms with van der Waals surface area (Å²) in [6, 6.07) is 76.0. The number of hydrogen-bond acceptors (Lipinski definition) is 0. The maximum absolute atomic E-state index is 3.76. The summed E-state index contributed by atoms with van der Waals surface area (Å²) in [5.74, 6) is 0. The van der Waals surface area contributed by atoms with Crippen LogP contribution >= 0.6 is 15.9 Å². The minimum Gasteiger partial charge on any atom is -0.309 e. The molecule has 0 N–H and O–H groups in total. The number of para-hydroxylation sites is 1. The van der Waals surface area contributed by atoms with Gasteiger partial charge >= 0.3 is 0 Å². The Balaban J connectivity index is 1.20. The van der Waals surface area contributed by atoms with Crippen LogP contribution in [0, 0.1) is 0 Å². The van der Waals surface area contributed by atoms with Gasteiger partial charge in [-0.15, -0.1) is 0 Å². The van der Waals surface area contributed by atoms with Crippen molar-refractivity contribution in [1.29, 1.82) is 0 Å². The Kier molecular flexibility index (Phi) is 7.30. The van der Waals surface area contributed by atoms with Crippen molar-refractivity contribution < 1.29 is 0 Å². The quantitative estimate of drug-likeness (QED) is 0.164. The number of halogens is 1. The molecule has 1 nitrogen and oxygen atoms in total. The zero-order valence-corrected chi connectivity index (χ0v) is 31.5. The molecule has 9 aromatic carbocycles. The van der Waals surface area contributed by atoms with Gasteiger partial charge in [0.15, 0.2) is 0 Å². The van der Waals surface area contributed by atoms with E-state index < -0.39 is 5.41 Å². The molecule has 0 saturated heterocycles. The van der Waals surface area contributed by atoms with E-state index in [1.165, 1.54) is 88.2 Å². The second kappa shape index (κ2) is 12.6. The molecule has 11 rings (SSSR count). The number of fused-ring (bicyclic) bond motifs is 8. The lowest BCUT2D eigenvalue weighted by molar-refractivity contribution is 0.767. The van der Waals surface area contributed by atoms with Crippen LogP contribution in [0.5, 0.6) is 0 Å². The summed E-state index contributed by atoms with van der Waals surface area (Å²) in [5, 5.41) is 5.05. The molecule has 0 fully saturated rings. The maximum Gasteiger partial charge on any atom is 0.0714 e. The third kappa shape index (κ3) is 4.71. The van der Waals surface area contributed by atoms with Crippen LogP contribution in [0.25, 0.3) is 71.6 Å². The smallest absolute Gasteiger partial charge is 0.0714 e. The Morgan fingerprint density at radius 1 is 0.364 bits per heavy atom. The summed E-state index contributed by atoms with van der Waals surface area (Å²) in [7, 11) is 0. The lowest BCUT2D eigenvalue weighted by Gasteiger charge is -2.34. The van der Waals surface area contributed by atoms with Gasteiger partial charge in [-0.3, -0.25) is 0 Å². The van der Waals surface area contributed by atoms with E-state index in [-0.39, 0.29) is 0 Å². The van der Waals surface area contributed by atoms with Crippen molar-refractivity contribution in [3.8, 4) is 39.1 Å². The van der Waals surface area contributed by atoms with Gasteiger partial charge in [0.1, 0.15) is 0 Å². The van der Waals surface area contributed by atoms with E-state index in [0.29, 0.717) is 0 Å². The Morgan fingerprint density at radius 3 is 1.62 bits per heavy atom. The van der Waals surface area contributed by atoms with Crippen LogP contribution in [0.2, 0.25) is 0 Å². The lowest BCUT2D eigenvalue weighted by Crippen LogP contribution is -2.28. The maximum atomic E-state index is 3.76. The first-order valence-electron chi connectivity index (χ1n) is 18.9. The normalized spacial score (nSPS) is 13.0. The Hall–Kier alpha value is -6.48. The van der Waals surface area contributed by atoms with Crippen LogP contribution in [0.1, 0.15) is 22.3 Å². The summed E-state index contributed by atoms with van der Waals surface area (Å²) >= 11 is 3.76. The highest BCUT2D eigenvalue weighted by Crippen LogP contribution is 2.56. The molecule has 0 spiro atoms. The second-order valence-corrected chi connectivity index (χ2v) is 15.4. The predicted octanol–water partition coefficient (Wildman–Crippen LogP) is 14.4. The van der Waals surface area contributed by atoms with Gasteiger partial charge in [-0.1, -0.05) is 192 Å². The van der Waals surface area contributed by atoms with Crippen LogP contribution in [0.4, 0.5) is 0 Å². The monoisotopic (exact) mass is 763 g/mol. The zero-order valence-electron chi connectivity index (χ0n) is 30.0. The first-order valence-corrected chi connectivity index (χ1v) is 19.7. The van der Waals surface area contributed by atoms with Crippen molar-refractivity contribution in [2.75, 3.05) is 0 Å². The molecule has 0 atom stereocenters. The third-order valence-corrected chi connectivity index (χ3v) is 12.5. The molecule has 0 saturated carbocycles. The average molecular weight is 765 g/mol. The van der Waals surface area contributed by atoms with Crippen molar-refractivity contribution in [1.82, 2.24) is 4.57 Å². The largest absolute Gasteiger partial charge is 0.309 e. The van der Waals surface area contributed by atoms with Crippen LogP contribution < -0.4 is 0 Å². The topological polar surface area (TPSA) is 4.93 Å². The van der Waals surface area contributed by atoms with Gasteiger partial charge < -0.3 is 4.57 Å². The van der Waals surface area contributed by atoms with Gasteiger partial charge in [0, 0.05) is 20.9 Å². The summed E-state index contributed by atoms with van der Waals surface area (Å²) in [4.78, 5) is 0. The molecule has 258 valence electrons. The molecule has 1 aromatic heterocycles. The summed E-state index contributed by atoms with van der Waals surface area (Å²) in [6.45, 7) is 0. The van der Waals surface area contributed by atoms with E-state index in [4.69, 9.17) is 0 Å². The van der Waals surface area contributed by atoms with Gasteiger partial charge in [0.05, 0.1) is 16.4 Å². The van der Waals surface area contributed by atoms with Crippen molar-refractivity contribution in [2.45, 2.75) is 5.41 Å². The second-order valence-electron chi connectivity index (χ2n) is 14.5. The molecule has 0 bridgehead atoms. The van der Waals surface area contributed by atoms with Gasteiger partial charge in [-0.05, 0) is 96.7 Å². The summed E-state index contributed by atoms with van der Waals surface area (Å²) in [5.41, 5.74) is 15.6. The number of aromatic nitrogens is 1. The highest BCUT2D eigenvalue weighted by Gasteiger charge is 2.46. The van der Waals surface area contributed by atoms with E-state index in [1.54, 1.807) is 0 Å². The van der Waals surface area contributed by atoms with E-state index >= 15 is 0 Å². The molecular weight excluding hydrogens is 730 g/mol. The van der Waals surface area contributed by atoms with Crippen molar-refractivity contribution in [2.24, 2.45) is 0 Å². The van der Waals surface area contributed by atoms with Crippen LogP contribution in [-0.4, -0.2) is 4.57 Å². The fraction of sp³-hybridized carbons (Fsp3) is 0.0189. The van der Waals surface area contributed by atoms with Gasteiger partial charge in [-0.25, -0.2) is 0 Å². The highest BCUT2D eigenvalue weighted by molar-refractivity contribution is 9.10. The first kappa shape index (κ1) is 32.0. The Labute approximate surface area is 328 Å². The van der Waals surface area contributed by atoms with Gasteiger partial charge in [-0.2, -0.15) is 0 Å². The Morgan fingerprint density at radius 2 is 0.909 bits per heavy atom. The van der Waals surface area contributed by atoms with Crippen molar-refractivity contribution >= 4 is 48.5 Å². The lowest BCUT2D eigenvalue weighted by atomic mass is 9.67. The minimum atomic E-state index is -0.476. The summed E-state index contributed by atoms with van der Waals surface area (Å²) in [6.07, 6.45) is 0. The molecule has 0 radical (unpaired) electrons. The van der Waals surface area contributed by atoms with Crippen LogP contribution in [-0.2, 0) is 5.41 Å². The average Bonchev–Trinajstić information content (AvgIpc) is 3.75. The third-order valence-electron chi connectivity index (χ3n) is 11.8. The first-order chi connectivity index (χ1) is 27.2. The molecule has 10 aromatic rings. The van der Waals surface area contributed by atoms with Gasteiger partial charge in [0.2, 0.25) is 0 Å².